The molecule has 0 saturated carbocycles. The lowest BCUT2D eigenvalue weighted by atomic mass is 9.98. The minimum atomic E-state index is -0.268. The first kappa shape index (κ1) is 18.9. The highest BCUT2D eigenvalue weighted by molar-refractivity contribution is 5.82. The quantitative estimate of drug-likeness (QED) is 0.834. The van der Waals surface area contributed by atoms with E-state index in [0.717, 1.165) is 31.4 Å². The van der Waals surface area contributed by atoms with Crippen LogP contribution in [0.4, 0.5) is 0 Å². The fourth-order valence-corrected chi connectivity index (χ4v) is 3.85. The van der Waals surface area contributed by atoms with Crippen molar-refractivity contribution in [1.29, 1.82) is 0 Å². The fourth-order valence-electron chi connectivity index (χ4n) is 3.85. The van der Waals surface area contributed by atoms with Crippen LogP contribution >= 0.6 is 0 Å². The van der Waals surface area contributed by atoms with Crippen molar-refractivity contribution in [3.8, 4) is 0 Å². The molecule has 5 heteroatoms. The molecule has 0 radical (unpaired) electrons. The monoisotopic (exact) mass is 358 g/mol. The van der Waals surface area contributed by atoms with Crippen molar-refractivity contribution in [3.05, 3.63) is 34.4 Å². The summed E-state index contributed by atoms with van der Waals surface area (Å²) < 4.78 is 5.52. The molecule has 2 amide bonds. The van der Waals surface area contributed by atoms with Gasteiger partial charge in [0.05, 0.1) is 6.42 Å². The third-order valence-electron chi connectivity index (χ3n) is 5.66. The Morgan fingerprint density at radius 2 is 1.65 bits per heavy atom. The largest absolute Gasteiger partial charge is 0.368 e. The van der Waals surface area contributed by atoms with E-state index in [1.54, 1.807) is 0 Å². The number of benzene rings is 1. The van der Waals surface area contributed by atoms with Gasteiger partial charge in [-0.3, -0.25) is 9.59 Å². The van der Waals surface area contributed by atoms with Crippen LogP contribution in [-0.2, 0) is 20.7 Å². The van der Waals surface area contributed by atoms with Gasteiger partial charge in [0.1, 0.15) is 6.10 Å². The Morgan fingerprint density at radius 3 is 2.38 bits per heavy atom. The van der Waals surface area contributed by atoms with Gasteiger partial charge in [-0.1, -0.05) is 12.1 Å². The predicted molar refractivity (Wildman–Crippen MR) is 101 cm³/mol. The van der Waals surface area contributed by atoms with Gasteiger partial charge >= 0.3 is 0 Å². The second-order valence-corrected chi connectivity index (χ2v) is 7.60. The molecule has 0 N–H and O–H groups in total. The Kier molecular flexibility index (Phi) is 5.97. The molecule has 0 aromatic heterocycles. The SMILES string of the molecule is Cc1cc(C)c(CC(=O)N2CCCN(C(=O)C3CCCO3)CC2)cc1C. The maximum absolute atomic E-state index is 12.8. The van der Waals surface area contributed by atoms with Crippen LogP contribution in [0.3, 0.4) is 0 Å². The topological polar surface area (TPSA) is 49.9 Å². The van der Waals surface area contributed by atoms with E-state index >= 15 is 0 Å². The second kappa shape index (κ2) is 8.21. The predicted octanol–water partition coefficient (Wildman–Crippen LogP) is 2.39. The molecule has 3 rings (SSSR count). The van der Waals surface area contributed by atoms with Gasteiger partial charge in [0.15, 0.2) is 0 Å². The number of nitrogens with zero attached hydrogens (tertiary/aromatic N) is 2. The molecular weight excluding hydrogens is 328 g/mol. The van der Waals surface area contributed by atoms with Crippen molar-refractivity contribution in [2.75, 3.05) is 32.8 Å². The lowest BCUT2D eigenvalue weighted by Gasteiger charge is -2.24. The maximum Gasteiger partial charge on any atom is 0.251 e. The van der Waals surface area contributed by atoms with Crippen LogP contribution in [0, 0.1) is 20.8 Å². The number of hydrogen-bond donors (Lipinski definition) is 0. The summed E-state index contributed by atoms with van der Waals surface area (Å²) in [4.78, 5) is 29.1. The van der Waals surface area contributed by atoms with E-state index in [1.807, 2.05) is 9.80 Å². The summed E-state index contributed by atoms with van der Waals surface area (Å²) in [6, 6.07) is 4.29. The third-order valence-corrected chi connectivity index (χ3v) is 5.66. The molecule has 142 valence electrons. The highest BCUT2D eigenvalue weighted by Gasteiger charge is 2.30. The first-order valence-electron chi connectivity index (χ1n) is 9.70. The standard InChI is InChI=1S/C21H30N2O3/c1-15-12-17(3)18(13-16(15)2)14-20(24)22-7-5-8-23(10-9-22)21(25)19-6-4-11-26-19/h12-13,19H,4-11,14H2,1-3H3. The molecule has 1 atom stereocenters. The summed E-state index contributed by atoms with van der Waals surface area (Å²) in [5.74, 6) is 0.254. The normalized spacial score (nSPS) is 21.0. The first-order chi connectivity index (χ1) is 12.5. The number of aryl methyl sites for hydroxylation is 3. The summed E-state index contributed by atoms with van der Waals surface area (Å²) in [6.07, 6.45) is 2.78. The Balaban J connectivity index is 1.59. The average Bonchev–Trinajstić information content (AvgIpc) is 3.03. The molecule has 26 heavy (non-hydrogen) atoms. The summed E-state index contributed by atoms with van der Waals surface area (Å²) in [5, 5.41) is 0. The van der Waals surface area contributed by atoms with E-state index in [-0.39, 0.29) is 17.9 Å². The van der Waals surface area contributed by atoms with Crippen LogP contribution in [0.2, 0.25) is 0 Å². The van der Waals surface area contributed by atoms with Crippen molar-refractivity contribution in [1.82, 2.24) is 9.80 Å². The summed E-state index contributed by atoms with van der Waals surface area (Å²) in [7, 11) is 0. The zero-order valence-electron chi connectivity index (χ0n) is 16.2. The Bertz CT molecular complexity index is 680. The van der Waals surface area contributed by atoms with E-state index in [4.69, 9.17) is 4.74 Å². The minimum Gasteiger partial charge on any atom is -0.368 e. The van der Waals surface area contributed by atoms with Gasteiger partial charge < -0.3 is 14.5 Å². The van der Waals surface area contributed by atoms with E-state index in [2.05, 4.69) is 32.9 Å². The molecule has 0 spiro atoms. The zero-order valence-corrected chi connectivity index (χ0v) is 16.2. The molecule has 0 bridgehead atoms. The number of carbonyl (C=O) groups excluding carboxylic acids is 2. The van der Waals surface area contributed by atoms with Crippen molar-refractivity contribution in [2.45, 2.75) is 52.6 Å². The zero-order chi connectivity index (χ0) is 18.7. The maximum atomic E-state index is 12.8. The van der Waals surface area contributed by atoms with Gasteiger partial charge in [-0.15, -0.1) is 0 Å². The van der Waals surface area contributed by atoms with E-state index in [0.29, 0.717) is 32.7 Å². The third kappa shape index (κ3) is 4.26. The van der Waals surface area contributed by atoms with Gasteiger partial charge in [-0.25, -0.2) is 0 Å². The molecule has 2 aliphatic heterocycles. The van der Waals surface area contributed by atoms with Gasteiger partial charge in [0, 0.05) is 32.8 Å². The van der Waals surface area contributed by atoms with Gasteiger partial charge in [0.25, 0.3) is 5.91 Å². The number of ether oxygens (including phenoxy) is 1. The highest BCUT2D eigenvalue weighted by Crippen LogP contribution is 2.18. The second-order valence-electron chi connectivity index (χ2n) is 7.60. The Morgan fingerprint density at radius 1 is 0.962 bits per heavy atom. The van der Waals surface area contributed by atoms with Gasteiger partial charge in [-0.05, 0) is 62.3 Å². The molecule has 2 saturated heterocycles. The number of rotatable bonds is 3. The Labute approximate surface area is 156 Å². The van der Waals surface area contributed by atoms with Crippen molar-refractivity contribution >= 4 is 11.8 Å². The molecule has 2 heterocycles. The lowest BCUT2D eigenvalue weighted by molar-refractivity contribution is -0.141. The molecular formula is C21H30N2O3. The minimum absolute atomic E-state index is 0.0989. The van der Waals surface area contributed by atoms with Crippen molar-refractivity contribution < 1.29 is 14.3 Å². The Hall–Kier alpha value is -1.88. The van der Waals surface area contributed by atoms with E-state index in [1.165, 1.54) is 16.7 Å². The van der Waals surface area contributed by atoms with E-state index < -0.39 is 0 Å². The van der Waals surface area contributed by atoms with Crippen LogP contribution in [0.25, 0.3) is 0 Å². The lowest BCUT2D eigenvalue weighted by Crippen LogP contribution is -2.42. The molecule has 2 aliphatic rings. The molecule has 0 aliphatic carbocycles. The smallest absolute Gasteiger partial charge is 0.251 e. The van der Waals surface area contributed by atoms with Crippen LogP contribution in [-0.4, -0.2) is 60.5 Å². The van der Waals surface area contributed by atoms with Crippen LogP contribution in [0.15, 0.2) is 12.1 Å². The molecule has 1 aromatic carbocycles. The number of carbonyl (C=O) groups is 2. The summed E-state index contributed by atoms with van der Waals surface area (Å²) in [6.45, 7) is 9.59. The van der Waals surface area contributed by atoms with Gasteiger partial charge in [0.2, 0.25) is 5.91 Å². The molecule has 1 unspecified atom stereocenters. The number of amides is 2. The van der Waals surface area contributed by atoms with Crippen LogP contribution < -0.4 is 0 Å². The summed E-state index contributed by atoms with van der Waals surface area (Å²) >= 11 is 0. The van der Waals surface area contributed by atoms with Gasteiger partial charge in [-0.2, -0.15) is 0 Å². The molecule has 2 fully saturated rings. The van der Waals surface area contributed by atoms with Crippen molar-refractivity contribution in [2.24, 2.45) is 0 Å². The highest BCUT2D eigenvalue weighted by atomic mass is 16.5. The number of hydrogen-bond acceptors (Lipinski definition) is 3. The van der Waals surface area contributed by atoms with Crippen molar-refractivity contribution in [3.63, 3.8) is 0 Å². The fraction of sp³-hybridized carbons (Fsp3) is 0.619. The van der Waals surface area contributed by atoms with Crippen LogP contribution in [0.5, 0.6) is 0 Å². The average molecular weight is 358 g/mol. The van der Waals surface area contributed by atoms with E-state index in [9.17, 15) is 9.59 Å². The first-order valence-corrected chi connectivity index (χ1v) is 9.70. The summed E-state index contributed by atoms with van der Waals surface area (Å²) in [5.41, 5.74) is 4.76. The van der Waals surface area contributed by atoms with Crippen LogP contribution in [0.1, 0.15) is 41.5 Å². The molecule has 5 nitrogen and oxygen atoms in total. The molecule has 1 aromatic rings.